The number of hydrogen-bond acceptors (Lipinski definition) is 5. The maximum absolute atomic E-state index is 4.33. The third-order valence-corrected chi connectivity index (χ3v) is 3.57. The van der Waals surface area contributed by atoms with Gasteiger partial charge in [0, 0.05) is 31.3 Å². The quantitative estimate of drug-likeness (QED) is 0.610. The lowest BCUT2D eigenvalue weighted by molar-refractivity contribution is 0.686. The molecule has 4 rings (SSSR count). The molecule has 7 heteroatoms. The lowest BCUT2D eigenvalue weighted by Crippen LogP contribution is -2.05. The second-order valence-corrected chi connectivity index (χ2v) is 5.21. The van der Waals surface area contributed by atoms with Crippen molar-refractivity contribution in [3.05, 3.63) is 72.6 Å². The number of aromatic nitrogens is 6. The highest BCUT2D eigenvalue weighted by molar-refractivity contribution is 5.61. The van der Waals surface area contributed by atoms with Crippen molar-refractivity contribution < 1.29 is 0 Å². The Bertz CT molecular complexity index is 911. The molecule has 3 heterocycles. The van der Waals surface area contributed by atoms with Crippen LogP contribution in [0, 0.1) is 0 Å². The standard InChI is InChI=1S/C16H15N7/c1-3-13(9-14(4-1)11-23-7-2-5-20-23)10-18-15-16-21-19-12-22(16)8-6-17-15/h1-9,12H,10-11H2,(H,17,18). The summed E-state index contributed by atoms with van der Waals surface area (Å²) < 4.78 is 3.74. The van der Waals surface area contributed by atoms with Gasteiger partial charge in [0.25, 0.3) is 0 Å². The van der Waals surface area contributed by atoms with Gasteiger partial charge in [-0.25, -0.2) is 4.98 Å². The lowest BCUT2D eigenvalue weighted by atomic mass is 10.1. The van der Waals surface area contributed by atoms with E-state index in [4.69, 9.17) is 0 Å². The Hall–Kier alpha value is -3.22. The van der Waals surface area contributed by atoms with Crippen LogP contribution in [0.25, 0.3) is 5.65 Å². The van der Waals surface area contributed by atoms with Crippen LogP contribution in [0.2, 0.25) is 0 Å². The molecule has 0 aliphatic carbocycles. The molecule has 23 heavy (non-hydrogen) atoms. The van der Waals surface area contributed by atoms with Gasteiger partial charge in [0.2, 0.25) is 5.65 Å². The van der Waals surface area contributed by atoms with E-state index in [1.165, 1.54) is 11.1 Å². The van der Waals surface area contributed by atoms with Gasteiger partial charge in [0.1, 0.15) is 6.33 Å². The summed E-state index contributed by atoms with van der Waals surface area (Å²) in [6, 6.07) is 10.3. The van der Waals surface area contributed by atoms with E-state index in [2.05, 4.69) is 49.9 Å². The fraction of sp³-hybridized carbons (Fsp3) is 0.125. The fourth-order valence-corrected chi connectivity index (χ4v) is 2.49. The van der Waals surface area contributed by atoms with E-state index in [0.29, 0.717) is 6.54 Å². The molecule has 4 aromatic rings. The van der Waals surface area contributed by atoms with E-state index in [1.54, 1.807) is 18.7 Å². The van der Waals surface area contributed by atoms with Crippen molar-refractivity contribution in [2.24, 2.45) is 0 Å². The third kappa shape index (κ3) is 2.89. The van der Waals surface area contributed by atoms with E-state index in [1.807, 2.05) is 27.5 Å². The van der Waals surface area contributed by atoms with Crippen LogP contribution in [0.3, 0.4) is 0 Å². The highest BCUT2D eigenvalue weighted by Crippen LogP contribution is 2.13. The molecule has 0 atom stereocenters. The second kappa shape index (κ2) is 5.88. The number of benzene rings is 1. The number of anilines is 1. The first kappa shape index (κ1) is 13.4. The molecule has 0 fully saturated rings. The molecule has 0 unspecified atom stereocenters. The van der Waals surface area contributed by atoms with Crippen molar-refractivity contribution in [2.75, 3.05) is 5.32 Å². The number of fused-ring (bicyclic) bond motifs is 1. The number of hydrogen-bond donors (Lipinski definition) is 1. The molecule has 0 radical (unpaired) electrons. The van der Waals surface area contributed by atoms with Gasteiger partial charge in [0.05, 0.1) is 6.54 Å². The average Bonchev–Trinajstić information content (AvgIpc) is 3.24. The second-order valence-electron chi connectivity index (χ2n) is 5.21. The molecule has 0 aliphatic heterocycles. The van der Waals surface area contributed by atoms with E-state index in [0.717, 1.165) is 18.0 Å². The topological polar surface area (TPSA) is 72.9 Å². The fourth-order valence-electron chi connectivity index (χ4n) is 2.49. The van der Waals surface area contributed by atoms with Crippen molar-refractivity contribution in [1.82, 2.24) is 29.4 Å². The Balaban J connectivity index is 1.49. The first-order valence-electron chi connectivity index (χ1n) is 7.32. The maximum Gasteiger partial charge on any atom is 0.203 e. The first-order chi connectivity index (χ1) is 11.4. The van der Waals surface area contributed by atoms with Crippen LogP contribution in [-0.2, 0) is 13.1 Å². The Kier molecular flexibility index (Phi) is 3.44. The molecular formula is C16H15N7. The minimum absolute atomic E-state index is 0.673. The molecule has 0 saturated carbocycles. The maximum atomic E-state index is 4.33. The van der Waals surface area contributed by atoms with Crippen LogP contribution in [0.1, 0.15) is 11.1 Å². The number of nitrogens with one attached hydrogen (secondary N) is 1. The minimum atomic E-state index is 0.673. The van der Waals surface area contributed by atoms with Crippen LogP contribution < -0.4 is 5.32 Å². The highest BCUT2D eigenvalue weighted by atomic mass is 15.3. The van der Waals surface area contributed by atoms with Gasteiger partial charge in [-0.15, -0.1) is 10.2 Å². The molecule has 0 aliphatic rings. The van der Waals surface area contributed by atoms with Crippen LogP contribution in [0.5, 0.6) is 0 Å². The summed E-state index contributed by atoms with van der Waals surface area (Å²) in [6.07, 6.45) is 8.96. The van der Waals surface area contributed by atoms with Crippen molar-refractivity contribution in [1.29, 1.82) is 0 Å². The third-order valence-electron chi connectivity index (χ3n) is 3.57. The zero-order chi connectivity index (χ0) is 15.5. The van der Waals surface area contributed by atoms with Crippen LogP contribution >= 0.6 is 0 Å². The predicted octanol–water partition coefficient (Wildman–Crippen LogP) is 1.98. The number of nitrogens with zero attached hydrogens (tertiary/aromatic N) is 6. The summed E-state index contributed by atoms with van der Waals surface area (Å²) in [5, 5.41) is 15.5. The van der Waals surface area contributed by atoms with Crippen molar-refractivity contribution in [3.8, 4) is 0 Å². The molecule has 3 aromatic heterocycles. The van der Waals surface area contributed by atoms with Crippen LogP contribution in [-0.4, -0.2) is 29.4 Å². The van der Waals surface area contributed by atoms with E-state index in [9.17, 15) is 0 Å². The number of rotatable bonds is 5. The summed E-state index contributed by atoms with van der Waals surface area (Å²) >= 11 is 0. The SMILES string of the molecule is c1cc(CNc2nccn3cnnc23)cc(Cn2cccn2)c1. The van der Waals surface area contributed by atoms with Crippen LogP contribution in [0.4, 0.5) is 5.82 Å². The van der Waals surface area contributed by atoms with Gasteiger partial charge < -0.3 is 5.32 Å². The Morgan fingerprint density at radius 1 is 1.04 bits per heavy atom. The summed E-state index contributed by atoms with van der Waals surface area (Å²) in [4.78, 5) is 4.33. The smallest absolute Gasteiger partial charge is 0.203 e. The lowest BCUT2D eigenvalue weighted by Gasteiger charge is -2.08. The van der Waals surface area contributed by atoms with Gasteiger partial charge in [-0.3, -0.25) is 9.08 Å². The molecular weight excluding hydrogens is 290 g/mol. The molecule has 7 nitrogen and oxygen atoms in total. The zero-order valence-corrected chi connectivity index (χ0v) is 12.4. The van der Waals surface area contributed by atoms with E-state index >= 15 is 0 Å². The summed E-state index contributed by atoms with van der Waals surface area (Å²) in [5.41, 5.74) is 3.11. The Morgan fingerprint density at radius 3 is 2.91 bits per heavy atom. The molecule has 114 valence electrons. The first-order valence-corrected chi connectivity index (χ1v) is 7.32. The molecule has 0 saturated heterocycles. The van der Waals surface area contributed by atoms with Crippen molar-refractivity contribution in [2.45, 2.75) is 13.1 Å². The largest absolute Gasteiger partial charge is 0.363 e. The molecule has 0 spiro atoms. The monoisotopic (exact) mass is 305 g/mol. The van der Waals surface area contributed by atoms with Crippen molar-refractivity contribution >= 4 is 11.5 Å². The van der Waals surface area contributed by atoms with Gasteiger partial charge in [0.15, 0.2) is 5.82 Å². The van der Waals surface area contributed by atoms with E-state index < -0.39 is 0 Å². The summed E-state index contributed by atoms with van der Waals surface area (Å²) in [7, 11) is 0. The Labute approximate surface area is 132 Å². The summed E-state index contributed by atoms with van der Waals surface area (Å²) in [5.74, 6) is 0.725. The minimum Gasteiger partial charge on any atom is -0.363 e. The Morgan fingerprint density at radius 2 is 2.00 bits per heavy atom. The molecule has 1 N–H and O–H groups in total. The van der Waals surface area contributed by atoms with Gasteiger partial charge >= 0.3 is 0 Å². The van der Waals surface area contributed by atoms with Crippen molar-refractivity contribution in [3.63, 3.8) is 0 Å². The van der Waals surface area contributed by atoms with Gasteiger partial charge in [-0.1, -0.05) is 24.3 Å². The molecule has 1 aromatic carbocycles. The predicted molar refractivity (Wildman–Crippen MR) is 85.9 cm³/mol. The molecule has 0 amide bonds. The highest BCUT2D eigenvalue weighted by Gasteiger charge is 2.04. The van der Waals surface area contributed by atoms with E-state index in [-0.39, 0.29) is 0 Å². The average molecular weight is 305 g/mol. The normalized spacial score (nSPS) is 11.0. The van der Waals surface area contributed by atoms with Crippen LogP contribution in [0.15, 0.2) is 61.4 Å². The van der Waals surface area contributed by atoms with Gasteiger partial charge in [-0.2, -0.15) is 5.10 Å². The summed E-state index contributed by atoms with van der Waals surface area (Å²) in [6.45, 7) is 1.44. The molecule has 0 bridgehead atoms. The zero-order valence-electron chi connectivity index (χ0n) is 12.4. The van der Waals surface area contributed by atoms with Gasteiger partial charge in [-0.05, 0) is 17.2 Å².